The summed E-state index contributed by atoms with van der Waals surface area (Å²) in [5, 5.41) is 3.33. The van der Waals surface area contributed by atoms with Crippen LogP contribution in [-0.4, -0.2) is 56.3 Å². The van der Waals surface area contributed by atoms with Crippen LogP contribution < -0.4 is 5.32 Å². The van der Waals surface area contributed by atoms with Crippen LogP contribution in [0, 0.1) is 11.8 Å². The third-order valence-corrected chi connectivity index (χ3v) is 6.04. The van der Waals surface area contributed by atoms with E-state index >= 15 is 0 Å². The third-order valence-electron chi connectivity index (χ3n) is 4.07. The van der Waals surface area contributed by atoms with Crippen molar-refractivity contribution in [2.75, 3.05) is 39.3 Å². The molecule has 6 heteroatoms. The predicted molar refractivity (Wildman–Crippen MR) is 61.1 cm³/mol. The molecule has 0 aromatic heterocycles. The Balaban J connectivity index is 1.73. The van der Waals surface area contributed by atoms with E-state index in [0.717, 1.165) is 39.0 Å². The Morgan fingerprint density at radius 1 is 0.938 bits per heavy atom. The minimum Gasteiger partial charge on any atom is -0.316 e. The van der Waals surface area contributed by atoms with E-state index in [4.69, 9.17) is 0 Å². The van der Waals surface area contributed by atoms with Crippen molar-refractivity contribution in [3.05, 3.63) is 0 Å². The molecule has 0 aromatic carbocycles. The molecule has 3 saturated heterocycles. The molecule has 0 aromatic rings. The zero-order chi connectivity index (χ0) is 11.2. The van der Waals surface area contributed by atoms with Gasteiger partial charge in [0.05, 0.1) is 0 Å². The molecule has 3 aliphatic rings. The maximum atomic E-state index is 12.3. The van der Waals surface area contributed by atoms with Gasteiger partial charge in [0, 0.05) is 26.2 Å². The van der Waals surface area contributed by atoms with Crippen LogP contribution in [0.5, 0.6) is 0 Å². The number of hydrogen-bond donors (Lipinski definition) is 1. The Kier molecular flexibility index (Phi) is 2.70. The molecule has 0 saturated carbocycles. The van der Waals surface area contributed by atoms with Crippen LogP contribution in [0.4, 0.5) is 0 Å². The van der Waals surface area contributed by atoms with E-state index < -0.39 is 10.2 Å². The molecule has 0 radical (unpaired) electrons. The van der Waals surface area contributed by atoms with Gasteiger partial charge in [-0.3, -0.25) is 0 Å². The molecule has 3 rings (SSSR count). The highest BCUT2D eigenvalue weighted by molar-refractivity contribution is 7.86. The van der Waals surface area contributed by atoms with Crippen LogP contribution in [-0.2, 0) is 10.2 Å². The zero-order valence-corrected chi connectivity index (χ0v) is 10.2. The fourth-order valence-electron chi connectivity index (χ4n) is 3.08. The molecule has 1 N–H and O–H groups in total. The molecule has 3 heterocycles. The molecule has 16 heavy (non-hydrogen) atoms. The maximum absolute atomic E-state index is 12.3. The zero-order valence-electron chi connectivity index (χ0n) is 9.43. The second-order valence-corrected chi connectivity index (χ2v) is 7.04. The van der Waals surface area contributed by atoms with Gasteiger partial charge in [0.1, 0.15) is 0 Å². The van der Waals surface area contributed by atoms with Crippen molar-refractivity contribution in [3.8, 4) is 0 Å². The van der Waals surface area contributed by atoms with Gasteiger partial charge < -0.3 is 5.32 Å². The normalized spacial score (nSPS) is 37.0. The lowest BCUT2D eigenvalue weighted by molar-refractivity contribution is 0.383. The summed E-state index contributed by atoms with van der Waals surface area (Å²) in [5.41, 5.74) is 0. The van der Waals surface area contributed by atoms with Crippen molar-refractivity contribution in [1.29, 1.82) is 0 Å². The van der Waals surface area contributed by atoms with E-state index in [2.05, 4.69) is 5.32 Å². The lowest BCUT2D eigenvalue weighted by Crippen LogP contribution is -2.42. The maximum Gasteiger partial charge on any atom is 0.281 e. The van der Waals surface area contributed by atoms with E-state index in [-0.39, 0.29) is 0 Å². The summed E-state index contributed by atoms with van der Waals surface area (Å²) >= 11 is 0. The van der Waals surface area contributed by atoms with Gasteiger partial charge in [-0.2, -0.15) is 17.0 Å². The van der Waals surface area contributed by atoms with Crippen molar-refractivity contribution >= 4 is 10.2 Å². The Labute approximate surface area is 97.0 Å². The Morgan fingerprint density at radius 2 is 1.50 bits per heavy atom. The van der Waals surface area contributed by atoms with Crippen LogP contribution >= 0.6 is 0 Å². The topological polar surface area (TPSA) is 52.7 Å². The summed E-state index contributed by atoms with van der Waals surface area (Å²) in [6, 6.07) is 0. The molecular weight excluding hydrogens is 226 g/mol. The van der Waals surface area contributed by atoms with E-state index in [1.807, 2.05) is 0 Å². The minimum atomic E-state index is -3.14. The molecule has 0 amide bonds. The van der Waals surface area contributed by atoms with E-state index in [0.29, 0.717) is 24.9 Å². The molecule has 3 fully saturated rings. The Morgan fingerprint density at radius 3 is 2.06 bits per heavy atom. The van der Waals surface area contributed by atoms with Crippen LogP contribution in [0.1, 0.15) is 12.8 Å². The number of nitrogens with zero attached hydrogens (tertiary/aromatic N) is 2. The summed E-state index contributed by atoms with van der Waals surface area (Å²) < 4.78 is 28.0. The number of fused-ring (bicyclic) bond motifs is 1. The van der Waals surface area contributed by atoms with Gasteiger partial charge in [-0.15, -0.1) is 0 Å². The standard InChI is InChI=1S/C10H19N3O2S/c14-16(15,12-3-1-2-4-12)13-7-9-5-11-6-10(9)8-13/h9-11H,1-8H2/t9-,10+. The third kappa shape index (κ3) is 1.68. The summed E-state index contributed by atoms with van der Waals surface area (Å²) in [6.45, 7) is 4.83. The highest BCUT2D eigenvalue weighted by Gasteiger charge is 2.43. The van der Waals surface area contributed by atoms with Crippen molar-refractivity contribution in [3.63, 3.8) is 0 Å². The highest BCUT2D eigenvalue weighted by atomic mass is 32.2. The van der Waals surface area contributed by atoms with Gasteiger partial charge in [-0.25, -0.2) is 0 Å². The highest BCUT2D eigenvalue weighted by Crippen LogP contribution is 2.30. The minimum absolute atomic E-state index is 0.539. The lowest BCUT2D eigenvalue weighted by atomic mass is 10.0. The quantitative estimate of drug-likeness (QED) is 0.712. The fraction of sp³-hybridized carbons (Fsp3) is 1.00. The average Bonchev–Trinajstić information content (AvgIpc) is 2.94. The second-order valence-electron chi connectivity index (χ2n) is 5.11. The van der Waals surface area contributed by atoms with Gasteiger partial charge >= 0.3 is 0 Å². The molecule has 0 spiro atoms. The summed E-state index contributed by atoms with van der Waals surface area (Å²) in [7, 11) is -3.14. The Hall–Kier alpha value is -0.170. The van der Waals surface area contributed by atoms with Crippen LogP contribution in [0.2, 0.25) is 0 Å². The van der Waals surface area contributed by atoms with Gasteiger partial charge in [-0.05, 0) is 37.8 Å². The first kappa shape index (κ1) is 11.0. The average molecular weight is 245 g/mol. The van der Waals surface area contributed by atoms with Gasteiger partial charge in [0.25, 0.3) is 10.2 Å². The summed E-state index contributed by atoms with van der Waals surface area (Å²) in [5.74, 6) is 1.08. The van der Waals surface area contributed by atoms with Crippen molar-refractivity contribution in [2.45, 2.75) is 12.8 Å². The van der Waals surface area contributed by atoms with E-state index in [1.165, 1.54) is 0 Å². The van der Waals surface area contributed by atoms with Crippen LogP contribution in [0.25, 0.3) is 0 Å². The fourth-order valence-corrected chi connectivity index (χ4v) is 4.89. The van der Waals surface area contributed by atoms with Gasteiger partial charge in [0.15, 0.2) is 0 Å². The summed E-state index contributed by atoms with van der Waals surface area (Å²) in [4.78, 5) is 0. The van der Waals surface area contributed by atoms with Crippen molar-refractivity contribution in [1.82, 2.24) is 13.9 Å². The SMILES string of the molecule is O=S(=O)(N1CCCC1)N1C[C@H]2CNC[C@H]2C1. The molecule has 2 atom stereocenters. The molecule has 0 bridgehead atoms. The molecule has 0 aliphatic carbocycles. The largest absolute Gasteiger partial charge is 0.316 e. The predicted octanol–water partition coefficient (Wildman–Crippen LogP) is -0.522. The first-order valence-corrected chi connectivity index (χ1v) is 7.53. The van der Waals surface area contributed by atoms with Crippen LogP contribution in [0.3, 0.4) is 0 Å². The van der Waals surface area contributed by atoms with Gasteiger partial charge in [-0.1, -0.05) is 0 Å². The lowest BCUT2D eigenvalue weighted by Gasteiger charge is -2.23. The Bertz CT molecular complexity index is 352. The first-order valence-electron chi connectivity index (χ1n) is 6.14. The van der Waals surface area contributed by atoms with Gasteiger partial charge in [0.2, 0.25) is 0 Å². The number of nitrogens with one attached hydrogen (secondary N) is 1. The first-order chi connectivity index (χ1) is 7.68. The second kappa shape index (κ2) is 3.94. The number of hydrogen-bond acceptors (Lipinski definition) is 3. The molecular formula is C10H19N3O2S. The smallest absolute Gasteiger partial charge is 0.281 e. The van der Waals surface area contributed by atoms with Crippen molar-refractivity contribution in [2.24, 2.45) is 11.8 Å². The van der Waals surface area contributed by atoms with E-state index in [1.54, 1.807) is 8.61 Å². The molecule has 3 aliphatic heterocycles. The summed E-state index contributed by atoms with van der Waals surface area (Å²) in [6.07, 6.45) is 2.03. The number of rotatable bonds is 2. The van der Waals surface area contributed by atoms with Crippen LogP contribution in [0.15, 0.2) is 0 Å². The molecule has 92 valence electrons. The molecule has 5 nitrogen and oxygen atoms in total. The van der Waals surface area contributed by atoms with Crippen molar-refractivity contribution < 1.29 is 8.42 Å². The van der Waals surface area contributed by atoms with E-state index in [9.17, 15) is 8.42 Å². The monoisotopic (exact) mass is 245 g/mol. The molecule has 0 unspecified atom stereocenters.